The van der Waals surface area contributed by atoms with Crippen LogP contribution in [0.1, 0.15) is 59.6 Å². The summed E-state index contributed by atoms with van der Waals surface area (Å²) in [4.78, 5) is 3.72. The molecule has 1 N–H and O–H groups in total. The number of aliphatic hydroxyl groups excluding tert-OH is 1. The summed E-state index contributed by atoms with van der Waals surface area (Å²) in [6, 6.07) is 18.9. The minimum Gasteiger partial charge on any atom is -0.600 e. The third kappa shape index (κ3) is 38.3. The number of aliphatic hydroxyl groups is 1. The smallest absolute Gasteiger partial charge is 0.181 e. The summed E-state index contributed by atoms with van der Waals surface area (Å²) in [6.07, 6.45) is 20.6. The first-order chi connectivity index (χ1) is 21.6. The number of nitrogens with zero attached hydrogens (tertiary/aromatic N) is 1. The van der Waals surface area contributed by atoms with Gasteiger partial charge >= 0.3 is 0 Å². The van der Waals surface area contributed by atoms with E-state index >= 15 is 0 Å². The quantitative estimate of drug-likeness (QED) is 0.0822. The molecule has 7 nitrogen and oxygen atoms in total. The van der Waals surface area contributed by atoms with E-state index in [1.165, 1.54) is 0 Å². The Hall–Kier alpha value is -0.774. The molecule has 2 aromatic rings. The molecule has 0 saturated carbocycles. The number of rotatable bonds is 11. The SMILES string of the molecule is C#CCOC(C)=NC.C#CCOc1c[c-]c(CO/C(C)=C/C)[c-]c1.C#CCOc1c[c-]c[c-]c1CO/C(C)=C/C.C/C=C(\C)O.[Y].[Y].[Y].[Y]. The van der Waals surface area contributed by atoms with Crippen LogP contribution in [0.5, 0.6) is 11.5 Å². The number of hydrogen-bond donors (Lipinski definition) is 1. The van der Waals surface area contributed by atoms with Crippen LogP contribution in [0.3, 0.4) is 0 Å². The van der Waals surface area contributed by atoms with Gasteiger partial charge in [0.15, 0.2) is 5.90 Å². The van der Waals surface area contributed by atoms with Gasteiger partial charge in [0.2, 0.25) is 0 Å². The fourth-order valence-corrected chi connectivity index (χ4v) is 2.21. The third-order valence-electron chi connectivity index (χ3n) is 5.05. The molecule has 11 heteroatoms. The molecule has 0 spiro atoms. The Morgan fingerprint density at radius 1 is 0.735 bits per heavy atom. The maximum Gasteiger partial charge on any atom is 0.181 e. The predicted octanol–water partition coefficient (Wildman–Crippen LogP) is 7.62. The maximum atomic E-state index is 8.22. The third-order valence-corrected chi connectivity index (χ3v) is 5.05. The average Bonchev–Trinajstić information content (AvgIpc) is 3.08. The largest absolute Gasteiger partial charge is 0.600 e. The fourth-order valence-electron chi connectivity index (χ4n) is 2.21. The zero-order valence-electron chi connectivity index (χ0n) is 30.1. The average molecular weight is 967 g/mol. The minimum atomic E-state index is 0. The first kappa shape index (κ1) is 60.3. The van der Waals surface area contributed by atoms with Crippen molar-refractivity contribution in [2.75, 3.05) is 26.9 Å². The molecular weight excluding hydrogens is 922 g/mol. The molecular formula is C38H45NO6Y4-4. The van der Waals surface area contributed by atoms with Crippen molar-refractivity contribution in [2.45, 2.75) is 61.7 Å². The van der Waals surface area contributed by atoms with Crippen LogP contribution in [0.25, 0.3) is 0 Å². The Kier molecular flexibility index (Phi) is 53.4. The van der Waals surface area contributed by atoms with E-state index in [0.29, 0.717) is 43.0 Å². The molecule has 0 saturated heterocycles. The van der Waals surface area contributed by atoms with E-state index in [2.05, 4.69) is 47.0 Å². The molecule has 0 unspecified atom stereocenters. The molecule has 254 valence electrons. The number of benzene rings is 2. The van der Waals surface area contributed by atoms with E-state index in [1.807, 2.05) is 39.8 Å². The summed E-state index contributed by atoms with van der Waals surface area (Å²) in [5, 5.41) is 8.22. The Labute approximate surface area is 397 Å². The van der Waals surface area contributed by atoms with Crippen LogP contribution < -0.4 is 9.47 Å². The molecule has 0 heterocycles. The number of allylic oxidation sites excluding steroid dienone is 6. The zero-order chi connectivity index (χ0) is 34.3. The summed E-state index contributed by atoms with van der Waals surface area (Å²) in [5.41, 5.74) is 1.70. The Bertz CT molecular complexity index is 1330. The van der Waals surface area contributed by atoms with Gasteiger partial charge in [-0.05, 0) is 53.7 Å². The molecule has 0 aliphatic carbocycles. The first-order valence-electron chi connectivity index (χ1n) is 13.9. The van der Waals surface area contributed by atoms with E-state index in [9.17, 15) is 0 Å². The van der Waals surface area contributed by atoms with Gasteiger partial charge in [-0.3, -0.25) is 28.8 Å². The van der Waals surface area contributed by atoms with Gasteiger partial charge in [0.1, 0.15) is 19.8 Å². The van der Waals surface area contributed by atoms with E-state index in [1.54, 1.807) is 58.2 Å². The number of terminal acetylenes is 3. The van der Waals surface area contributed by atoms with Gasteiger partial charge in [0.25, 0.3) is 0 Å². The summed E-state index contributed by atoms with van der Waals surface area (Å²) in [6.45, 7) is 14.5. The predicted molar refractivity (Wildman–Crippen MR) is 181 cm³/mol. The summed E-state index contributed by atoms with van der Waals surface area (Å²) in [5.74, 6) is 11.2. The monoisotopic (exact) mass is 967 g/mol. The van der Waals surface area contributed by atoms with Gasteiger partial charge in [-0.2, -0.15) is 0 Å². The van der Waals surface area contributed by atoms with Gasteiger partial charge in [-0.1, -0.05) is 23.8 Å². The van der Waals surface area contributed by atoms with Crippen molar-refractivity contribution >= 4 is 5.90 Å². The number of hydrogen-bond acceptors (Lipinski definition) is 7. The van der Waals surface area contributed by atoms with Crippen molar-refractivity contribution in [2.24, 2.45) is 4.99 Å². The second-order valence-electron chi connectivity index (χ2n) is 8.43. The van der Waals surface area contributed by atoms with Gasteiger partial charge in [0, 0.05) is 145 Å². The number of aliphatic imine (C=N–C) groups is 1. The second kappa shape index (κ2) is 43.4. The van der Waals surface area contributed by atoms with Crippen LogP contribution in [0.15, 0.2) is 64.8 Å². The van der Waals surface area contributed by atoms with Crippen LogP contribution >= 0.6 is 0 Å². The fraction of sp³-hybridized carbons (Fsp3) is 0.342. The molecule has 0 aromatic heterocycles. The zero-order valence-corrected chi connectivity index (χ0v) is 41.4. The number of ether oxygens (including phenoxy) is 5. The summed E-state index contributed by atoms with van der Waals surface area (Å²) in [7, 11) is 1.66. The molecule has 0 atom stereocenters. The molecule has 2 rings (SSSR count). The Morgan fingerprint density at radius 2 is 1.22 bits per heavy atom. The van der Waals surface area contributed by atoms with E-state index in [4.69, 9.17) is 48.1 Å². The summed E-state index contributed by atoms with van der Waals surface area (Å²) >= 11 is 0. The van der Waals surface area contributed by atoms with Gasteiger partial charge in [0.05, 0.1) is 30.5 Å². The molecule has 0 amide bonds. The molecule has 0 aliphatic heterocycles. The Morgan fingerprint density at radius 3 is 1.67 bits per heavy atom. The summed E-state index contributed by atoms with van der Waals surface area (Å²) < 4.78 is 26.3. The first-order valence-corrected chi connectivity index (χ1v) is 13.9. The van der Waals surface area contributed by atoms with Crippen molar-refractivity contribution in [1.82, 2.24) is 0 Å². The van der Waals surface area contributed by atoms with Gasteiger partial charge < -0.3 is 59.1 Å². The van der Waals surface area contributed by atoms with E-state index in [0.717, 1.165) is 22.6 Å². The standard InChI is InChI=1S/2C14H14O2.C6H9NO.C4H8O.4Y/c1-4-10-15-14-8-6-13(7-9-14)11-16-12(3)5-2;1-4-10-15-14-9-7-6-8-13(14)11-16-12(3)5-2;1-4-5-8-6(2)7-3;1-3-4(2)5;;;;/h1,5,8-9H,10-11H2,2-3H3;1,5-6,9H,10-11H2,2-3H3;1H,5H2,2-3H3;3,5H,1-2H3;;;;/q2*-2;;;;;;/b2*12-5+;;4-3+;;;;. The topological polar surface area (TPSA) is 78.7 Å². The maximum absolute atomic E-state index is 8.22. The van der Waals surface area contributed by atoms with Crippen molar-refractivity contribution in [3.05, 3.63) is 95.2 Å². The van der Waals surface area contributed by atoms with Gasteiger partial charge in [-0.25, -0.2) is 5.56 Å². The van der Waals surface area contributed by atoms with Crippen molar-refractivity contribution in [1.29, 1.82) is 0 Å². The molecule has 0 bridgehead atoms. The van der Waals surface area contributed by atoms with Crippen LogP contribution in [0.2, 0.25) is 0 Å². The van der Waals surface area contributed by atoms with Crippen LogP contribution in [0, 0.1) is 61.3 Å². The van der Waals surface area contributed by atoms with Crippen molar-refractivity contribution in [3.63, 3.8) is 0 Å². The molecule has 0 fully saturated rings. The molecule has 0 aliphatic rings. The van der Waals surface area contributed by atoms with Crippen LogP contribution in [0.4, 0.5) is 0 Å². The minimum absolute atomic E-state index is 0. The van der Waals surface area contributed by atoms with E-state index < -0.39 is 0 Å². The van der Waals surface area contributed by atoms with E-state index in [-0.39, 0.29) is 144 Å². The van der Waals surface area contributed by atoms with Gasteiger partial charge in [-0.15, -0.1) is 30.8 Å². The molecule has 49 heavy (non-hydrogen) atoms. The second-order valence-corrected chi connectivity index (χ2v) is 8.43. The molecule has 4 radical (unpaired) electrons. The van der Waals surface area contributed by atoms with Crippen LogP contribution in [-0.2, 0) is 158 Å². The van der Waals surface area contributed by atoms with Crippen molar-refractivity contribution in [3.8, 4) is 48.5 Å². The Balaban J connectivity index is -0.000000132. The van der Waals surface area contributed by atoms with Crippen molar-refractivity contribution < 1.29 is 160 Å². The van der Waals surface area contributed by atoms with Crippen LogP contribution in [-0.4, -0.2) is 37.9 Å². The normalized spacial score (nSPS) is 9.90. The molecule has 2 aromatic carbocycles.